The van der Waals surface area contributed by atoms with Gasteiger partial charge in [0.25, 0.3) is 0 Å². The Hall–Kier alpha value is -3.29. The highest BCUT2D eigenvalue weighted by molar-refractivity contribution is 6.30. The van der Waals surface area contributed by atoms with Crippen molar-refractivity contribution in [1.29, 1.82) is 0 Å². The topological polar surface area (TPSA) is 32.0 Å². The molecule has 0 bridgehead atoms. The van der Waals surface area contributed by atoms with E-state index in [0.29, 0.717) is 28.3 Å². The second-order valence-electron chi connectivity index (χ2n) is 5.86. The molecular weight excluding hydrogens is 374 g/mol. The van der Waals surface area contributed by atoms with Gasteiger partial charge in [0.2, 0.25) is 6.07 Å². The minimum absolute atomic E-state index is 0.319. The summed E-state index contributed by atoms with van der Waals surface area (Å²) in [7, 11) is 4.70. The molecule has 0 heterocycles. The predicted molar refractivity (Wildman–Crippen MR) is 113 cm³/mol. The zero-order chi connectivity index (χ0) is 19.9. The van der Waals surface area contributed by atoms with Crippen molar-refractivity contribution in [2.75, 3.05) is 21.3 Å². The van der Waals surface area contributed by atoms with Crippen molar-refractivity contribution in [2.24, 2.45) is 0 Å². The molecule has 0 saturated heterocycles. The summed E-state index contributed by atoms with van der Waals surface area (Å²) in [5.41, 5.74) is 3.93. The first-order chi connectivity index (χ1) is 13.7. The monoisotopic (exact) mass is 393 g/mol. The van der Waals surface area contributed by atoms with Crippen LogP contribution in [-0.2, 0) is 0 Å². The second-order valence-corrected chi connectivity index (χ2v) is 6.22. The van der Waals surface area contributed by atoms with E-state index in [-0.39, 0.29) is 0 Å². The van der Waals surface area contributed by atoms with Crippen molar-refractivity contribution in [3.05, 3.63) is 88.2 Å². The standard InChI is InChI=1S/C23H20ClNO3/c1-26-19-13-21(27-2)20(22(14-19)28-3)15-25-23(24)18-11-9-17(10-12-18)16-7-5-4-6-8-16/h4-14H,1-3H3. The van der Waals surface area contributed by atoms with Crippen molar-refractivity contribution in [1.82, 2.24) is 0 Å². The molecule has 3 aromatic rings. The lowest BCUT2D eigenvalue weighted by Gasteiger charge is -2.10. The molecule has 3 rings (SSSR count). The zero-order valence-corrected chi connectivity index (χ0v) is 16.7. The van der Waals surface area contributed by atoms with Crippen LogP contribution in [0.15, 0.2) is 66.7 Å². The van der Waals surface area contributed by atoms with Crippen LogP contribution in [0.1, 0.15) is 11.1 Å². The van der Waals surface area contributed by atoms with E-state index in [4.69, 9.17) is 25.8 Å². The van der Waals surface area contributed by atoms with Crippen molar-refractivity contribution in [2.45, 2.75) is 0 Å². The predicted octanol–water partition coefficient (Wildman–Crippen LogP) is 5.84. The highest BCUT2D eigenvalue weighted by Gasteiger charge is 2.15. The normalized spacial score (nSPS) is 9.86. The Morgan fingerprint density at radius 2 is 1.36 bits per heavy atom. The number of hydrogen-bond donors (Lipinski definition) is 0. The van der Waals surface area contributed by atoms with Gasteiger partial charge in [-0.25, -0.2) is 0 Å². The summed E-state index contributed by atoms with van der Waals surface area (Å²) in [6.45, 7) is 0. The van der Waals surface area contributed by atoms with Crippen LogP contribution < -0.4 is 14.2 Å². The molecule has 4 nitrogen and oxygen atoms in total. The number of halogens is 1. The summed E-state index contributed by atoms with van der Waals surface area (Å²) < 4.78 is 16.0. The van der Waals surface area contributed by atoms with Gasteiger partial charge in [0, 0.05) is 12.1 Å². The molecule has 0 radical (unpaired) electrons. The summed E-state index contributed by atoms with van der Waals surface area (Å²) in [6.07, 6.45) is 0. The van der Waals surface area contributed by atoms with Gasteiger partial charge in [-0.05, 0) is 16.7 Å². The lowest BCUT2D eigenvalue weighted by Crippen LogP contribution is -1.95. The van der Waals surface area contributed by atoms with Gasteiger partial charge in [-0.2, -0.15) is 0 Å². The van der Waals surface area contributed by atoms with Gasteiger partial charge >= 0.3 is 5.50 Å². The molecule has 0 N–H and O–H groups in total. The van der Waals surface area contributed by atoms with E-state index >= 15 is 0 Å². The molecule has 5 heteroatoms. The van der Waals surface area contributed by atoms with Gasteiger partial charge in [-0.1, -0.05) is 54.1 Å². The van der Waals surface area contributed by atoms with Gasteiger partial charge in [0.1, 0.15) is 22.8 Å². The van der Waals surface area contributed by atoms with E-state index in [1.807, 2.05) is 42.5 Å². The maximum absolute atomic E-state index is 6.39. The van der Waals surface area contributed by atoms with Gasteiger partial charge in [-0.3, -0.25) is 0 Å². The Kier molecular flexibility index (Phi) is 6.31. The Morgan fingerprint density at radius 1 is 0.786 bits per heavy atom. The average molecular weight is 394 g/mol. The average Bonchev–Trinajstić information content (AvgIpc) is 2.77. The molecule has 0 amide bonds. The largest absolute Gasteiger partial charge is 0.496 e. The third kappa shape index (κ3) is 4.33. The fraction of sp³-hybridized carbons (Fsp3) is 0.130. The molecule has 0 saturated carbocycles. The van der Waals surface area contributed by atoms with Crippen molar-refractivity contribution < 1.29 is 14.2 Å². The van der Waals surface area contributed by atoms with Crippen molar-refractivity contribution in [3.63, 3.8) is 0 Å². The lowest BCUT2D eigenvalue weighted by atomic mass is 10.0. The Morgan fingerprint density at radius 3 is 1.89 bits per heavy atom. The van der Waals surface area contributed by atoms with Gasteiger partial charge in [-0.15, -0.1) is 17.0 Å². The number of hydrogen-bond acceptors (Lipinski definition) is 3. The van der Waals surface area contributed by atoms with Crippen LogP contribution in [0.25, 0.3) is 16.0 Å². The molecule has 0 aromatic heterocycles. The maximum atomic E-state index is 6.39. The van der Waals surface area contributed by atoms with Crippen LogP contribution in [0.4, 0.5) is 0 Å². The minimum atomic E-state index is 0.319. The summed E-state index contributed by atoms with van der Waals surface area (Å²) in [5.74, 6) is 1.68. The van der Waals surface area contributed by atoms with E-state index in [0.717, 1.165) is 16.7 Å². The number of methoxy groups -OCH3 is 3. The zero-order valence-electron chi connectivity index (χ0n) is 15.9. The van der Waals surface area contributed by atoms with Crippen LogP contribution in [-0.4, -0.2) is 21.3 Å². The molecule has 3 aromatic carbocycles. The van der Waals surface area contributed by atoms with Gasteiger partial charge in [0.15, 0.2) is 0 Å². The quantitative estimate of drug-likeness (QED) is 0.403. The smallest absolute Gasteiger partial charge is 0.322 e. The van der Waals surface area contributed by atoms with E-state index in [1.165, 1.54) is 0 Å². The number of benzene rings is 3. The summed E-state index contributed by atoms with van der Waals surface area (Å²) in [6, 6.07) is 24.4. The lowest BCUT2D eigenvalue weighted by molar-refractivity contribution is 0.374. The van der Waals surface area contributed by atoms with E-state index in [2.05, 4.69) is 23.0 Å². The van der Waals surface area contributed by atoms with E-state index < -0.39 is 0 Å². The number of rotatable bonds is 5. The maximum Gasteiger partial charge on any atom is 0.322 e. The molecule has 0 spiro atoms. The number of nitrogens with zero attached hydrogens (tertiary/aromatic N) is 1. The minimum Gasteiger partial charge on any atom is -0.496 e. The van der Waals surface area contributed by atoms with E-state index in [9.17, 15) is 0 Å². The van der Waals surface area contributed by atoms with Gasteiger partial charge < -0.3 is 14.2 Å². The first-order valence-electron chi connectivity index (χ1n) is 8.61. The Bertz CT molecular complexity index is 967. The van der Waals surface area contributed by atoms with Crippen LogP contribution in [0.3, 0.4) is 0 Å². The van der Waals surface area contributed by atoms with E-state index in [1.54, 1.807) is 33.5 Å². The molecule has 0 aliphatic rings. The second kappa shape index (κ2) is 9.07. The molecular formula is C23H20ClNO3. The Balaban J connectivity index is 1.86. The molecule has 28 heavy (non-hydrogen) atoms. The van der Waals surface area contributed by atoms with Crippen LogP contribution in [0.2, 0.25) is 0 Å². The third-order valence-electron chi connectivity index (χ3n) is 4.21. The summed E-state index contributed by atoms with van der Waals surface area (Å²) in [5, 5.41) is 0. The van der Waals surface area contributed by atoms with Crippen molar-refractivity contribution >= 4 is 11.6 Å². The van der Waals surface area contributed by atoms with Crippen LogP contribution in [0.5, 0.6) is 17.2 Å². The molecule has 0 fully saturated rings. The molecule has 0 unspecified atom stereocenters. The SMILES string of the molecule is COc1cc(OC)c(C#[N+][C-](Cl)c2ccc(-c3ccccc3)cc2)c(OC)c1. The summed E-state index contributed by atoms with van der Waals surface area (Å²) >= 11 is 6.39. The van der Waals surface area contributed by atoms with Crippen LogP contribution in [0, 0.1) is 11.6 Å². The fourth-order valence-electron chi connectivity index (χ4n) is 2.72. The third-order valence-corrected chi connectivity index (χ3v) is 4.51. The molecule has 0 aliphatic heterocycles. The highest BCUT2D eigenvalue weighted by Crippen LogP contribution is 2.34. The molecule has 0 aliphatic carbocycles. The first kappa shape index (κ1) is 19.5. The van der Waals surface area contributed by atoms with Crippen LogP contribution >= 0.6 is 11.6 Å². The first-order valence-corrected chi connectivity index (χ1v) is 8.99. The fourth-order valence-corrected chi connectivity index (χ4v) is 2.88. The van der Waals surface area contributed by atoms with Gasteiger partial charge in [0.05, 0.1) is 21.3 Å². The molecule has 0 atom stereocenters. The highest BCUT2D eigenvalue weighted by atomic mass is 35.5. The number of ether oxygens (including phenoxy) is 3. The summed E-state index contributed by atoms with van der Waals surface area (Å²) in [4.78, 5) is 4.27. The Labute approximate surface area is 170 Å². The molecule has 142 valence electrons. The van der Waals surface area contributed by atoms with Crippen molar-refractivity contribution in [3.8, 4) is 34.4 Å².